The first kappa shape index (κ1) is 16.1. The second kappa shape index (κ2) is 6.67. The Hall–Kier alpha value is -1.26. The van der Waals surface area contributed by atoms with E-state index >= 15 is 0 Å². The van der Waals surface area contributed by atoms with Crippen molar-refractivity contribution in [3.63, 3.8) is 0 Å². The zero-order valence-electron chi connectivity index (χ0n) is 12.3. The molecule has 2 aromatic carbocycles. The van der Waals surface area contributed by atoms with Crippen LogP contribution < -0.4 is 5.32 Å². The standard InChI is InChI=1S/C17H18BrF2N/c1-10(2)21-17(12-5-4-6-13(18)8-12)14-7-11(3)15(19)9-16(14)20/h4-10,17,21H,1-3H3. The van der Waals surface area contributed by atoms with E-state index in [9.17, 15) is 8.78 Å². The lowest BCUT2D eigenvalue weighted by Crippen LogP contribution is -2.29. The SMILES string of the molecule is Cc1cc(C(NC(C)C)c2cccc(Br)c2)c(F)cc1F. The number of aryl methyl sites for hydroxylation is 1. The highest BCUT2D eigenvalue weighted by molar-refractivity contribution is 9.10. The second-order valence-electron chi connectivity index (χ2n) is 5.43. The second-order valence-corrected chi connectivity index (χ2v) is 6.35. The Morgan fingerprint density at radius 2 is 1.76 bits per heavy atom. The van der Waals surface area contributed by atoms with Crippen molar-refractivity contribution in [3.05, 3.63) is 69.2 Å². The summed E-state index contributed by atoms with van der Waals surface area (Å²) in [5.41, 5.74) is 1.83. The van der Waals surface area contributed by atoms with Crippen molar-refractivity contribution in [2.24, 2.45) is 0 Å². The molecular weight excluding hydrogens is 336 g/mol. The molecule has 0 aliphatic rings. The van der Waals surface area contributed by atoms with Crippen LogP contribution in [0.5, 0.6) is 0 Å². The quantitative estimate of drug-likeness (QED) is 0.803. The monoisotopic (exact) mass is 353 g/mol. The van der Waals surface area contributed by atoms with Crippen LogP contribution in [0.15, 0.2) is 40.9 Å². The summed E-state index contributed by atoms with van der Waals surface area (Å²) in [6, 6.07) is 10.1. The van der Waals surface area contributed by atoms with Gasteiger partial charge in [-0.2, -0.15) is 0 Å². The lowest BCUT2D eigenvalue weighted by Gasteiger charge is -2.23. The summed E-state index contributed by atoms with van der Waals surface area (Å²) in [5.74, 6) is -1.05. The van der Waals surface area contributed by atoms with Crippen LogP contribution >= 0.6 is 15.9 Å². The summed E-state index contributed by atoms with van der Waals surface area (Å²) in [4.78, 5) is 0. The fraction of sp³-hybridized carbons (Fsp3) is 0.294. The molecule has 21 heavy (non-hydrogen) atoms. The summed E-state index contributed by atoms with van der Waals surface area (Å²) >= 11 is 3.43. The van der Waals surface area contributed by atoms with Crippen molar-refractivity contribution < 1.29 is 8.78 Å². The maximum atomic E-state index is 14.2. The van der Waals surface area contributed by atoms with Gasteiger partial charge in [-0.25, -0.2) is 8.78 Å². The molecule has 112 valence electrons. The first-order valence-electron chi connectivity index (χ1n) is 6.85. The zero-order chi connectivity index (χ0) is 15.6. The summed E-state index contributed by atoms with van der Waals surface area (Å²) in [6.07, 6.45) is 0. The normalized spacial score (nSPS) is 12.7. The van der Waals surface area contributed by atoms with Crippen molar-refractivity contribution in [2.45, 2.75) is 32.9 Å². The molecule has 1 nitrogen and oxygen atoms in total. The Kier molecular flexibility index (Phi) is 5.12. The fourth-order valence-corrected chi connectivity index (χ4v) is 2.70. The van der Waals surface area contributed by atoms with Crippen LogP contribution in [0.25, 0.3) is 0 Å². The lowest BCUT2D eigenvalue weighted by atomic mass is 9.96. The molecule has 0 aliphatic carbocycles. The van der Waals surface area contributed by atoms with E-state index in [4.69, 9.17) is 0 Å². The Morgan fingerprint density at radius 3 is 2.38 bits per heavy atom. The van der Waals surface area contributed by atoms with E-state index in [0.717, 1.165) is 16.1 Å². The molecule has 1 unspecified atom stereocenters. The van der Waals surface area contributed by atoms with E-state index in [2.05, 4.69) is 21.2 Å². The van der Waals surface area contributed by atoms with Gasteiger partial charge in [-0.05, 0) is 50.1 Å². The first-order valence-corrected chi connectivity index (χ1v) is 7.65. The van der Waals surface area contributed by atoms with Gasteiger partial charge in [0.25, 0.3) is 0 Å². The highest BCUT2D eigenvalue weighted by Gasteiger charge is 2.20. The highest BCUT2D eigenvalue weighted by atomic mass is 79.9. The van der Waals surface area contributed by atoms with Gasteiger partial charge in [0.1, 0.15) is 11.6 Å². The Labute approximate surface area is 132 Å². The number of benzene rings is 2. The maximum Gasteiger partial charge on any atom is 0.131 e. The van der Waals surface area contributed by atoms with E-state index in [-0.39, 0.29) is 12.1 Å². The molecule has 0 saturated heterocycles. The van der Waals surface area contributed by atoms with Crippen LogP contribution in [0.1, 0.15) is 36.6 Å². The van der Waals surface area contributed by atoms with Crippen LogP contribution in [0.3, 0.4) is 0 Å². The summed E-state index contributed by atoms with van der Waals surface area (Å²) < 4.78 is 28.6. The van der Waals surface area contributed by atoms with E-state index in [0.29, 0.717) is 11.1 Å². The van der Waals surface area contributed by atoms with E-state index in [1.807, 2.05) is 38.1 Å². The molecule has 0 fully saturated rings. The number of halogens is 3. The molecule has 1 atom stereocenters. The molecule has 2 rings (SSSR count). The molecule has 4 heteroatoms. The van der Waals surface area contributed by atoms with Crippen LogP contribution in [0.2, 0.25) is 0 Å². The van der Waals surface area contributed by atoms with Crippen LogP contribution in [0.4, 0.5) is 8.78 Å². The van der Waals surface area contributed by atoms with Crippen molar-refractivity contribution in [1.29, 1.82) is 0 Å². The number of nitrogens with one attached hydrogen (secondary N) is 1. The van der Waals surface area contributed by atoms with Gasteiger partial charge in [-0.1, -0.05) is 28.1 Å². The van der Waals surface area contributed by atoms with E-state index < -0.39 is 11.6 Å². The van der Waals surface area contributed by atoms with Gasteiger partial charge >= 0.3 is 0 Å². The molecule has 0 radical (unpaired) electrons. The third-order valence-electron chi connectivity index (χ3n) is 3.27. The topological polar surface area (TPSA) is 12.0 Å². The van der Waals surface area contributed by atoms with Gasteiger partial charge in [0.2, 0.25) is 0 Å². The Bertz CT molecular complexity index is 641. The molecule has 0 amide bonds. The minimum Gasteiger partial charge on any atom is -0.304 e. The Balaban J connectivity index is 2.53. The van der Waals surface area contributed by atoms with Gasteiger partial charge in [0.15, 0.2) is 0 Å². The number of hydrogen-bond donors (Lipinski definition) is 1. The molecule has 0 bridgehead atoms. The summed E-state index contributed by atoms with van der Waals surface area (Å²) in [7, 11) is 0. The van der Waals surface area contributed by atoms with Gasteiger partial charge in [-0.15, -0.1) is 0 Å². The summed E-state index contributed by atoms with van der Waals surface area (Å²) in [5, 5.41) is 3.34. The predicted molar refractivity (Wildman–Crippen MR) is 85.4 cm³/mol. The third-order valence-corrected chi connectivity index (χ3v) is 3.76. The predicted octanol–water partition coefficient (Wildman–Crippen LogP) is 5.12. The first-order chi connectivity index (χ1) is 9.88. The fourth-order valence-electron chi connectivity index (χ4n) is 2.29. The van der Waals surface area contributed by atoms with Crippen LogP contribution in [-0.4, -0.2) is 6.04 Å². The number of hydrogen-bond acceptors (Lipinski definition) is 1. The van der Waals surface area contributed by atoms with E-state index in [1.54, 1.807) is 13.0 Å². The molecule has 0 saturated carbocycles. The smallest absolute Gasteiger partial charge is 0.131 e. The van der Waals surface area contributed by atoms with Gasteiger partial charge in [0.05, 0.1) is 6.04 Å². The van der Waals surface area contributed by atoms with Crippen molar-refractivity contribution in [1.82, 2.24) is 5.32 Å². The minimum atomic E-state index is -0.531. The van der Waals surface area contributed by atoms with Crippen molar-refractivity contribution >= 4 is 15.9 Å². The highest BCUT2D eigenvalue weighted by Crippen LogP contribution is 2.28. The number of rotatable bonds is 4. The van der Waals surface area contributed by atoms with Gasteiger partial charge in [0, 0.05) is 22.1 Å². The third kappa shape index (κ3) is 3.89. The van der Waals surface area contributed by atoms with Crippen LogP contribution in [0, 0.1) is 18.6 Å². The molecule has 0 aromatic heterocycles. The molecule has 0 heterocycles. The van der Waals surface area contributed by atoms with E-state index in [1.165, 1.54) is 0 Å². The van der Waals surface area contributed by atoms with Gasteiger partial charge < -0.3 is 5.32 Å². The largest absolute Gasteiger partial charge is 0.304 e. The lowest BCUT2D eigenvalue weighted by molar-refractivity contribution is 0.496. The van der Waals surface area contributed by atoms with Crippen LogP contribution in [-0.2, 0) is 0 Å². The Morgan fingerprint density at radius 1 is 1.05 bits per heavy atom. The molecule has 1 N–H and O–H groups in total. The average molecular weight is 354 g/mol. The zero-order valence-corrected chi connectivity index (χ0v) is 13.8. The van der Waals surface area contributed by atoms with Gasteiger partial charge in [-0.3, -0.25) is 0 Å². The molecular formula is C17H18BrF2N. The maximum absolute atomic E-state index is 14.2. The minimum absolute atomic E-state index is 0.166. The summed E-state index contributed by atoms with van der Waals surface area (Å²) in [6.45, 7) is 5.64. The van der Waals surface area contributed by atoms with Crippen molar-refractivity contribution in [2.75, 3.05) is 0 Å². The molecule has 0 aliphatic heterocycles. The molecule has 2 aromatic rings. The molecule has 0 spiro atoms. The average Bonchev–Trinajstić information content (AvgIpc) is 2.40. The van der Waals surface area contributed by atoms with Crippen molar-refractivity contribution in [3.8, 4) is 0 Å².